The van der Waals surface area contributed by atoms with Gasteiger partial charge in [0.25, 0.3) is 0 Å². The first-order valence-corrected chi connectivity index (χ1v) is 17.4. The Bertz CT molecular complexity index is 2650. The number of benzene rings is 8. The molecule has 0 spiro atoms. The number of hydrogen-bond acceptors (Lipinski definition) is 2. The van der Waals surface area contributed by atoms with Crippen molar-refractivity contribution in [1.82, 2.24) is 0 Å². The van der Waals surface area contributed by atoms with Gasteiger partial charge in [-0.1, -0.05) is 164 Å². The average Bonchev–Trinajstić information content (AvgIpc) is 3.58. The first-order valence-electron chi connectivity index (χ1n) is 17.4. The highest BCUT2D eigenvalue weighted by atomic mass is 16.5. The Balaban J connectivity index is 0.986. The molecule has 0 fully saturated rings. The van der Waals surface area contributed by atoms with Crippen LogP contribution >= 0.6 is 0 Å². The van der Waals surface area contributed by atoms with Crippen molar-refractivity contribution in [2.45, 2.75) is 5.41 Å². The van der Waals surface area contributed by atoms with E-state index in [1.807, 2.05) is 12.1 Å². The standard InChI is InChI=1S/C49H32O2/c1-3-11-39(12-4-1)49(40-13-5-2-6-14-40)43-16-8-10-18-46(43)51-48-32-38(28-30-44(48)49)36-25-21-34(22-26-36)33-19-23-35(24-20-33)37-27-29-42-41-15-7-9-17-45(41)50-47(42)31-37/h1-32H. The van der Waals surface area contributed by atoms with Crippen LogP contribution in [0.1, 0.15) is 22.3 Å². The van der Waals surface area contributed by atoms with Crippen LogP contribution in [0.4, 0.5) is 0 Å². The molecule has 0 unspecified atom stereocenters. The Morgan fingerprint density at radius 2 is 0.784 bits per heavy atom. The second kappa shape index (κ2) is 11.8. The lowest BCUT2D eigenvalue weighted by Gasteiger charge is -2.41. The minimum Gasteiger partial charge on any atom is -0.457 e. The van der Waals surface area contributed by atoms with Crippen LogP contribution in [0.2, 0.25) is 0 Å². The molecule has 240 valence electrons. The zero-order chi connectivity index (χ0) is 33.8. The van der Waals surface area contributed by atoms with Crippen LogP contribution in [0.5, 0.6) is 11.5 Å². The largest absolute Gasteiger partial charge is 0.457 e. The van der Waals surface area contributed by atoms with Crippen molar-refractivity contribution < 1.29 is 9.15 Å². The van der Waals surface area contributed by atoms with E-state index in [1.165, 1.54) is 22.3 Å². The lowest BCUT2D eigenvalue weighted by Crippen LogP contribution is -2.34. The molecule has 10 rings (SSSR count). The molecular formula is C49H32O2. The molecule has 0 saturated carbocycles. The topological polar surface area (TPSA) is 22.4 Å². The number of fused-ring (bicyclic) bond motifs is 5. The van der Waals surface area contributed by atoms with E-state index < -0.39 is 5.41 Å². The second-order valence-electron chi connectivity index (χ2n) is 13.3. The summed E-state index contributed by atoms with van der Waals surface area (Å²) >= 11 is 0. The van der Waals surface area contributed by atoms with Crippen molar-refractivity contribution in [2.75, 3.05) is 0 Å². The molecule has 0 N–H and O–H groups in total. The Morgan fingerprint density at radius 3 is 1.45 bits per heavy atom. The van der Waals surface area contributed by atoms with Gasteiger partial charge in [0.15, 0.2) is 0 Å². The normalized spacial score (nSPS) is 13.0. The number of hydrogen-bond donors (Lipinski definition) is 0. The van der Waals surface area contributed by atoms with Crippen LogP contribution in [0, 0.1) is 0 Å². The summed E-state index contributed by atoms with van der Waals surface area (Å²) in [4.78, 5) is 0. The van der Waals surface area contributed by atoms with E-state index in [1.54, 1.807) is 0 Å². The lowest BCUT2D eigenvalue weighted by atomic mass is 9.63. The summed E-state index contributed by atoms with van der Waals surface area (Å²) in [5.74, 6) is 1.76. The maximum Gasteiger partial charge on any atom is 0.136 e. The molecule has 1 aromatic heterocycles. The molecule has 0 saturated heterocycles. The van der Waals surface area contributed by atoms with Gasteiger partial charge in [-0.15, -0.1) is 0 Å². The van der Waals surface area contributed by atoms with E-state index in [2.05, 4.69) is 182 Å². The van der Waals surface area contributed by atoms with Gasteiger partial charge in [-0.2, -0.15) is 0 Å². The molecule has 2 heteroatoms. The maximum atomic E-state index is 6.71. The molecule has 2 nitrogen and oxygen atoms in total. The number of furan rings is 1. The van der Waals surface area contributed by atoms with E-state index in [0.29, 0.717) is 0 Å². The highest BCUT2D eigenvalue weighted by molar-refractivity contribution is 6.05. The van der Waals surface area contributed by atoms with E-state index in [4.69, 9.17) is 9.15 Å². The molecule has 1 aliphatic heterocycles. The molecule has 0 bridgehead atoms. The highest BCUT2D eigenvalue weighted by Gasteiger charge is 2.45. The van der Waals surface area contributed by atoms with Crippen molar-refractivity contribution in [3.63, 3.8) is 0 Å². The predicted molar refractivity (Wildman–Crippen MR) is 208 cm³/mol. The van der Waals surface area contributed by atoms with Gasteiger partial charge in [-0.25, -0.2) is 0 Å². The smallest absolute Gasteiger partial charge is 0.136 e. The Kier molecular flexibility index (Phi) is 6.75. The molecule has 0 atom stereocenters. The summed E-state index contributed by atoms with van der Waals surface area (Å²) in [6, 6.07) is 69.1. The molecule has 0 aliphatic carbocycles. The minimum atomic E-state index is -0.515. The van der Waals surface area contributed by atoms with Crippen LogP contribution in [-0.4, -0.2) is 0 Å². The molecule has 8 aromatic carbocycles. The van der Waals surface area contributed by atoms with Gasteiger partial charge in [-0.3, -0.25) is 0 Å². The van der Waals surface area contributed by atoms with Gasteiger partial charge in [0.2, 0.25) is 0 Å². The number of ether oxygens (including phenoxy) is 1. The summed E-state index contributed by atoms with van der Waals surface area (Å²) in [6.45, 7) is 0. The van der Waals surface area contributed by atoms with E-state index in [0.717, 1.165) is 66.8 Å². The average molecular weight is 653 g/mol. The van der Waals surface area contributed by atoms with E-state index in [9.17, 15) is 0 Å². The highest BCUT2D eigenvalue weighted by Crippen LogP contribution is 2.55. The molecule has 9 aromatic rings. The van der Waals surface area contributed by atoms with Crippen LogP contribution in [0.3, 0.4) is 0 Å². The van der Waals surface area contributed by atoms with Gasteiger partial charge in [0.1, 0.15) is 22.7 Å². The van der Waals surface area contributed by atoms with Gasteiger partial charge in [0.05, 0.1) is 5.41 Å². The third-order valence-electron chi connectivity index (χ3n) is 10.5. The fourth-order valence-corrected chi connectivity index (χ4v) is 8.01. The maximum absolute atomic E-state index is 6.71. The van der Waals surface area contributed by atoms with Crippen LogP contribution in [0.15, 0.2) is 199 Å². The van der Waals surface area contributed by atoms with Gasteiger partial charge >= 0.3 is 0 Å². The van der Waals surface area contributed by atoms with Crippen molar-refractivity contribution in [1.29, 1.82) is 0 Å². The van der Waals surface area contributed by atoms with Gasteiger partial charge in [0, 0.05) is 21.9 Å². The van der Waals surface area contributed by atoms with E-state index >= 15 is 0 Å². The van der Waals surface area contributed by atoms with Gasteiger partial charge in [-0.05, 0) is 74.8 Å². The van der Waals surface area contributed by atoms with Crippen LogP contribution in [0.25, 0.3) is 55.3 Å². The number of para-hydroxylation sites is 2. The summed E-state index contributed by atoms with van der Waals surface area (Å²) in [5, 5.41) is 2.30. The monoisotopic (exact) mass is 652 g/mol. The number of rotatable bonds is 5. The van der Waals surface area contributed by atoms with Crippen LogP contribution in [-0.2, 0) is 5.41 Å². The third-order valence-corrected chi connectivity index (χ3v) is 10.5. The second-order valence-corrected chi connectivity index (χ2v) is 13.3. The molecule has 0 radical (unpaired) electrons. The predicted octanol–water partition coefficient (Wildman–Crippen LogP) is 13.1. The summed E-state index contributed by atoms with van der Waals surface area (Å²) < 4.78 is 12.9. The first-order chi connectivity index (χ1) is 25.3. The van der Waals surface area contributed by atoms with Crippen LogP contribution < -0.4 is 4.74 Å². The van der Waals surface area contributed by atoms with Gasteiger partial charge < -0.3 is 9.15 Å². The SMILES string of the molecule is c1ccc(C2(c3ccccc3)c3ccccc3Oc3cc(-c4ccc(-c5ccc(-c6ccc7c(c6)oc6ccccc67)cc5)cc4)ccc32)cc1. The zero-order valence-corrected chi connectivity index (χ0v) is 27.8. The first kappa shape index (κ1) is 29.3. The summed E-state index contributed by atoms with van der Waals surface area (Å²) in [7, 11) is 0. The van der Waals surface area contributed by atoms with Crippen molar-refractivity contribution in [3.8, 4) is 44.9 Å². The van der Waals surface area contributed by atoms with Crippen molar-refractivity contribution >= 4 is 21.9 Å². The fraction of sp³-hybridized carbons (Fsp3) is 0.0204. The van der Waals surface area contributed by atoms with Crippen molar-refractivity contribution in [2.24, 2.45) is 0 Å². The molecule has 0 amide bonds. The molecule has 51 heavy (non-hydrogen) atoms. The van der Waals surface area contributed by atoms with E-state index in [-0.39, 0.29) is 0 Å². The Morgan fingerprint density at radius 1 is 0.314 bits per heavy atom. The molecular weight excluding hydrogens is 621 g/mol. The molecule has 1 aliphatic rings. The zero-order valence-electron chi connectivity index (χ0n) is 27.8. The lowest BCUT2D eigenvalue weighted by molar-refractivity contribution is 0.435. The minimum absolute atomic E-state index is 0.515. The Labute approximate surface area is 296 Å². The Hall–Kier alpha value is -6.64. The van der Waals surface area contributed by atoms with Crippen molar-refractivity contribution in [3.05, 3.63) is 216 Å². The summed E-state index contributed by atoms with van der Waals surface area (Å²) in [6.07, 6.45) is 0. The summed E-state index contributed by atoms with van der Waals surface area (Å²) in [5.41, 5.74) is 12.9. The fourth-order valence-electron chi connectivity index (χ4n) is 8.01. The third kappa shape index (κ3) is 4.72. The molecule has 2 heterocycles. The quantitative estimate of drug-likeness (QED) is 0.185.